The highest BCUT2D eigenvalue weighted by atomic mass is 19.1. The molecule has 1 fully saturated rings. The first-order valence-corrected chi connectivity index (χ1v) is 3.41. The Hall–Kier alpha value is -0.110. The summed E-state index contributed by atoms with van der Waals surface area (Å²) in [5.41, 5.74) is -0.0712. The molecule has 9 heavy (non-hydrogen) atoms. The molecule has 1 heterocycles. The fourth-order valence-corrected chi connectivity index (χ4v) is 0.998. The van der Waals surface area contributed by atoms with Crippen LogP contribution in [0.2, 0.25) is 0 Å². The molecular formula is C7H13FO. The highest BCUT2D eigenvalue weighted by Crippen LogP contribution is 2.29. The number of halogens is 1. The van der Waals surface area contributed by atoms with Gasteiger partial charge >= 0.3 is 0 Å². The Morgan fingerprint density at radius 1 is 1.44 bits per heavy atom. The van der Waals surface area contributed by atoms with E-state index in [0.717, 1.165) is 26.1 Å². The van der Waals surface area contributed by atoms with Crippen molar-refractivity contribution in [1.29, 1.82) is 0 Å². The predicted octanol–water partition coefficient (Wildman–Crippen LogP) is 1.77. The molecule has 0 unspecified atom stereocenters. The van der Waals surface area contributed by atoms with Crippen molar-refractivity contribution in [2.75, 3.05) is 19.9 Å². The summed E-state index contributed by atoms with van der Waals surface area (Å²) in [6.45, 7) is 3.26. The highest BCUT2D eigenvalue weighted by molar-refractivity contribution is 4.75. The second-order valence-electron chi connectivity index (χ2n) is 3.06. The summed E-state index contributed by atoms with van der Waals surface area (Å²) in [6, 6.07) is 0. The first-order valence-electron chi connectivity index (χ1n) is 3.41. The summed E-state index contributed by atoms with van der Waals surface area (Å²) in [5.74, 6) is 0. The van der Waals surface area contributed by atoms with Gasteiger partial charge in [0.25, 0.3) is 0 Å². The molecule has 1 nitrogen and oxygen atoms in total. The quantitative estimate of drug-likeness (QED) is 0.528. The summed E-state index contributed by atoms with van der Waals surface area (Å²) < 4.78 is 17.3. The Morgan fingerprint density at radius 3 is 2.33 bits per heavy atom. The minimum atomic E-state index is -0.198. The van der Waals surface area contributed by atoms with Crippen LogP contribution in [0, 0.1) is 5.41 Å². The van der Waals surface area contributed by atoms with Crippen LogP contribution in [0.4, 0.5) is 4.39 Å². The van der Waals surface area contributed by atoms with Gasteiger partial charge in [-0.2, -0.15) is 0 Å². The zero-order valence-corrected chi connectivity index (χ0v) is 5.82. The van der Waals surface area contributed by atoms with Gasteiger partial charge in [-0.3, -0.25) is 4.39 Å². The highest BCUT2D eigenvalue weighted by Gasteiger charge is 2.26. The SMILES string of the molecule is CC1(CF)CCOCC1. The minimum absolute atomic E-state index is 0.0712. The number of ether oxygens (including phenoxy) is 1. The molecule has 0 N–H and O–H groups in total. The van der Waals surface area contributed by atoms with E-state index in [9.17, 15) is 4.39 Å². The summed E-state index contributed by atoms with van der Waals surface area (Å²) in [6.07, 6.45) is 1.76. The van der Waals surface area contributed by atoms with Gasteiger partial charge in [0.05, 0.1) is 6.67 Å². The van der Waals surface area contributed by atoms with Gasteiger partial charge in [-0.15, -0.1) is 0 Å². The molecule has 1 aliphatic rings. The third-order valence-corrected chi connectivity index (χ3v) is 2.02. The van der Waals surface area contributed by atoms with E-state index in [4.69, 9.17) is 4.74 Å². The molecule has 0 aromatic heterocycles. The molecule has 0 spiro atoms. The van der Waals surface area contributed by atoms with Gasteiger partial charge in [-0.25, -0.2) is 0 Å². The largest absolute Gasteiger partial charge is 0.381 e. The Morgan fingerprint density at radius 2 is 2.00 bits per heavy atom. The van der Waals surface area contributed by atoms with Crippen LogP contribution in [-0.4, -0.2) is 19.9 Å². The normalized spacial score (nSPS) is 26.0. The van der Waals surface area contributed by atoms with Gasteiger partial charge in [-0.05, 0) is 12.8 Å². The van der Waals surface area contributed by atoms with Crippen LogP contribution >= 0.6 is 0 Å². The zero-order chi connectivity index (χ0) is 6.74. The lowest BCUT2D eigenvalue weighted by Gasteiger charge is -2.30. The zero-order valence-electron chi connectivity index (χ0n) is 5.82. The molecule has 1 rings (SSSR count). The molecule has 0 amide bonds. The van der Waals surface area contributed by atoms with Crippen molar-refractivity contribution in [1.82, 2.24) is 0 Å². The van der Waals surface area contributed by atoms with E-state index in [1.54, 1.807) is 0 Å². The maximum Gasteiger partial charge on any atom is 0.0949 e. The maximum atomic E-state index is 12.2. The molecule has 0 radical (unpaired) electrons. The molecular weight excluding hydrogens is 119 g/mol. The van der Waals surface area contributed by atoms with Crippen LogP contribution in [0.25, 0.3) is 0 Å². The van der Waals surface area contributed by atoms with E-state index >= 15 is 0 Å². The molecule has 2 heteroatoms. The number of alkyl halides is 1. The molecule has 0 atom stereocenters. The maximum absolute atomic E-state index is 12.2. The van der Waals surface area contributed by atoms with Gasteiger partial charge in [-0.1, -0.05) is 6.92 Å². The van der Waals surface area contributed by atoms with Crippen LogP contribution in [0.5, 0.6) is 0 Å². The third kappa shape index (κ3) is 1.65. The van der Waals surface area contributed by atoms with E-state index in [1.807, 2.05) is 6.92 Å². The van der Waals surface area contributed by atoms with Crippen molar-refractivity contribution in [2.24, 2.45) is 5.41 Å². The third-order valence-electron chi connectivity index (χ3n) is 2.02. The van der Waals surface area contributed by atoms with Gasteiger partial charge in [0.1, 0.15) is 0 Å². The van der Waals surface area contributed by atoms with Gasteiger partial charge < -0.3 is 4.74 Å². The van der Waals surface area contributed by atoms with Gasteiger partial charge in [0.15, 0.2) is 0 Å². The molecule has 0 saturated carbocycles. The fourth-order valence-electron chi connectivity index (χ4n) is 0.998. The standard InChI is InChI=1S/C7H13FO/c1-7(6-8)2-4-9-5-3-7/h2-6H2,1H3. The van der Waals surface area contributed by atoms with Crippen molar-refractivity contribution in [2.45, 2.75) is 19.8 Å². The topological polar surface area (TPSA) is 9.23 Å². The lowest BCUT2D eigenvalue weighted by molar-refractivity contribution is 0.0119. The van der Waals surface area contributed by atoms with E-state index in [2.05, 4.69) is 0 Å². The van der Waals surface area contributed by atoms with Crippen molar-refractivity contribution in [3.63, 3.8) is 0 Å². The molecule has 54 valence electrons. The van der Waals surface area contributed by atoms with Crippen LogP contribution in [0.15, 0.2) is 0 Å². The molecule has 0 aromatic rings. The van der Waals surface area contributed by atoms with Gasteiger partial charge in [0.2, 0.25) is 0 Å². The molecule has 1 aliphatic heterocycles. The second-order valence-corrected chi connectivity index (χ2v) is 3.06. The second kappa shape index (κ2) is 2.65. The first-order chi connectivity index (χ1) is 4.27. The van der Waals surface area contributed by atoms with Crippen LogP contribution in [0.1, 0.15) is 19.8 Å². The first kappa shape index (κ1) is 7.00. The Bertz CT molecular complexity index is 86.9. The average Bonchev–Trinajstić information content (AvgIpc) is 1.90. The smallest absolute Gasteiger partial charge is 0.0949 e. The van der Waals surface area contributed by atoms with E-state index < -0.39 is 0 Å². The van der Waals surface area contributed by atoms with Crippen molar-refractivity contribution >= 4 is 0 Å². The number of rotatable bonds is 1. The number of hydrogen-bond donors (Lipinski definition) is 0. The summed E-state index contributed by atoms with van der Waals surface area (Å²) in [4.78, 5) is 0. The average molecular weight is 132 g/mol. The Labute approximate surface area is 55.2 Å². The Kier molecular flexibility index (Phi) is 2.06. The molecule has 0 bridgehead atoms. The fraction of sp³-hybridized carbons (Fsp3) is 1.00. The van der Waals surface area contributed by atoms with Crippen molar-refractivity contribution in [3.8, 4) is 0 Å². The lowest BCUT2D eigenvalue weighted by atomic mass is 9.84. The molecule has 1 saturated heterocycles. The predicted molar refractivity (Wildman–Crippen MR) is 34.1 cm³/mol. The molecule has 0 aliphatic carbocycles. The Balaban J connectivity index is 2.37. The molecule has 0 aromatic carbocycles. The van der Waals surface area contributed by atoms with E-state index in [1.165, 1.54) is 0 Å². The number of hydrogen-bond acceptors (Lipinski definition) is 1. The van der Waals surface area contributed by atoms with Crippen molar-refractivity contribution in [3.05, 3.63) is 0 Å². The monoisotopic (exact) mass is 132 g/mol. The minimum Gasteiger partial charge on any atom is -0.381 e. The van der Waals surface area contributed by atoms with Gasteiger partial charge in [0, 0.05) is 18.6 Å². The summed E-state index contributed by atoms with van der Waals surface area (Å²) >= 11 is 0. The van der Waals surface area contributed by atoms with Crippen LogP contribution in [0.3, 0.4) is 0 Å². The summed E-state index contributed by atoms with van der Waals surface area (Å²) in [5, 5.41) is 0. The summed E-state index contributed by atoms with van der Waals surface area (Å²) in [7, 11) is 0. The van der Waals surface area contributed by atoms with Crippen LogP contribution in [-0.2, 0) is 4.74 Å². The lowest BCUT2D eigenvalue weighted by Crippen LogP contribution is -2.28. The van der Waals surface area contributed by atoms with Crippen LogP contribution < -0.4 is 0 Å². The van der Waals surface area contributed by atoms with Crippen molar-refractivity contribution < 1.29 is 9.13 Å². The van der Waals surface area contributed by atoms with E-state index in [0.29, 0.717) is 0 Å². The van der Waals surface area contributed by atoms with E-state index in [-0.39, 0.29) is 12.1 Å².